The van der Waals surface area contributed by atoms with E-state index in [9.17, 15) is 10.1 Å². The molecule has 1 aliphatic rings. The van der Waals surface area contributed by atoms with Crippen molar-refractivity contribution in [2.45, 2.75) is 6.92 Å². The van der Waals surface area contributed by atoms with Crippen molar-refractivity contribution in [2.24, 2.45) is 0 Å². The van der Waals surface area contributed by atoms with E-state index in [-0.39, 0.29) is 10.6 Å². The second-order valence-electron chi connectivity index (χ2n) is 4.98. The molecule has 0 amide bonds. The van der Waals surface area contributed by atoms with Gasteiger partial charge < -0.3 is 10.2 Å². The van der Waals surface area contributed by atoms with Crippen LogP contribution in [-0.2, 0) is 0 Å². The number of piperazine rings is 1. The van der Waals surface area contributed by atoms with Gasteiger partial charge in [0.25, 0.3) is 5.69 Å². The molecule has 2 N–H and O–H groups in total. The maximum absolute atomic E-state index is 10.8. The minimum atomic E-state index is -0.383. The number of nitrogens with zero attached hydrogens (tertiary/aromatic N) is 4. The van der Waals surface area contributed by atoms with Crippen LogP contribution in [0, 0.1) is 17.0 Å². The number of aromatic nitrogens is 3. The summed E-state index contributed by atoms with van der Waals surface area (Å²) >= 11 is 0. The summed E-state index contributed by atoms with van der Waals surface area (Å²) in [5, 5.41) is 21.2. The first-order chi connectivity index (χ1) is 10.1. The number of aromatic amines is 1. The van der Waals surface area contributed by atoms with Crippen LogP contribution in [0.2, 0.25) is 0 Å². The van der Waals surface area contributed by atoms with Gasteiger partial charge in [0.15, 0.2) is 5.82 Å². The van der Waals surface area contributed by atoms with E-state index in [1.807, 2.05) is 0 Å². The summed E-state index contributed by atoms with van der Waals surface area (Å²) < 4.78 is 0. The van der Waals surface area contributed by atoms with Gasteiger partial charge in [-0.1, -0.05) is 0 Å². The zero-order valence-corrected chi connectivity index (χ0v) is 11.7. The number of hydrogen-bond donors (Lipinski definition) is 2. The maximum Gasteiger partial charge on any atom is 0.272 e. The third kappa shape index (κ3) is 2.70. The summed E-state index contributed by atoms with van der Waals surface area (Å²) in [4.78, 5) is 17.0. The van der Waals surface area contributed by atoms with E-state index in [0.717, 1.165) is 31.7 Å². The van der Waals surface area contributed by atoms with E-state index in [0.29, 0.717) is 17.3 Å². The molecule has 8 nitrogen and oxygen atoms in total. The largest absolute Gasteiger partial charge is 0.337 e. The van der Waals surface area contributed by atoms with Gasteiger partial charge in [0, 0.05) is 43.4 Å². The van der Waals surface area contributed by atoms with E-state index in [1.54, 1.807) is 19.1 Å². The number of H-pyrrole nitrogens is 1. The monoisotopic (exact) mass is 288 g/mol. The van der Waals surface area contributed by atoms with Crippen molar-refractivity contribution in [3.63, 3.8) is 0 Å². The molecule has 0 radical (unpaired) electrons. The number of benzene rings is 1. The Morgan fingerprint density at radius 3 is 2.76 bits per heavy atom. The highest BCUT2D eigenvalue weighted by Gasteiger charge is 2.17. The van der Waals surface area contributed by atoms with Crippen LogP contribution in [0.25, 0.3) is 11.4 Å². The lowest BCUT2D eigenvalue weighted by molar-refractivity contribution is -0.385. The molecule has 110 valence electrons. The van der Waals surface area contributed by atoms with Gasteiger partial charge in [0.05, 0.1) is 4.92 Å². The molecule has 0 saturated carbocycles. The second-order valence-corrected chi connectivity index (χ2v) is 4.98. The Hall–Kier alpha value is -2.48. The molecule has 1 aromatic heterocycles. The molecule has 1 saturated heterocycles. The number of aryl methyl sites for hydroxylation is 1. The van der Waals surface area contributed by atoms with Crippen molar-refractivity contribution in [1.82, 2.24) is 20.5 Å². The molecule has 0 aliphatic carbocycles. The zero-order chi connectivity index (χ0) is 14.8. The molecule has 1 fully saturated rings. The van der Waals surface area contributed by atoms with Crippen LogP contribution in [0.4, 0.5) is 11.6 Å². The van der Waals surface area contributed by atoms with Crippen LogP contribution in [0.1, 0.15) is 5.56 Å². The number of hydrogen-bond acceptors (Lipinski definition) is 6. The maximum atomic E-state index is 10.8. The topological polar surface area (TPSA) is 100.0 Å². The first kappa shape index (κ1) is 13.5. The molecular weight excluding hydrogens is 272 g/mol. The van der Waals surface area contributed by atoms with Crippen LogP contribution in [0.5, 0.6) is 0 Å². The number of nitrogens with one attached hydrogen (secondary N) is 2. The molecule has 1 aromatic carbocycles. The molecule has 0 bridgehead atoms. The van der Waals surface area contributed by atoms with Gasteiger partial charge in [0.2, 0.25) is 5.95 Å². The normalized spacial score (nSPS) is 15.2. The lowest BCUT2D eigenvalue weighted by Gasteiger charge is -2.25. The highest BCUT2D eigenvalue weighted by atomic mass is 16.6. The summed E-state index contributed by atoms with van der Waals surface area (Å²) in [7, 11) is 0. The smallest absolute Gasteiger partial charge is 0.272 e. The number of anilines is 1. The van der Waals surface area contributed by atoms with E-state index in [4.69, 9.17) is 0 Å². The fourth-order valence-electron chi connectivity index (χ4n) is 2.40. The highest BCUT2D eigenvalue weighted by Crippen LogP contribution is 2.24. The van der Waals surface area contributed by atoms with Crippen molar-refractivity contribution in [1.29, 1.82) is 0 Å². The highest BCUT2D eigenvalue weighted by molar-refractivity contribution is 5.61. The molecule has 0 atom stereocenters. The van der Waals surface area contributed by atoms with Crippen molar-refractivity contribution in [3.05, 3.63) is 33.9 Å². The van der Waals surface area contributed by atoms with E-state index < -0.39 is 0 Å². The van der Waals surface area contributed by atoms with Crippen molar-refractivity contribution in [2.75, 3.05) is 31.1 Å². The van der Waals surface area contributed by atoms with Gasteiger partial charge in [0.1, 0.15) is 0 Å². The molecule has 0 spiro atoms. The Morgan fingerprint density at radius 1 is 1.33 bits per heavy atom. The van der Waals surface area contributed by atoms with Crippen molar-refractivity contribution >= 4 is 11.6 Å². The summed E-state index contributed by atoms with van der Waals surface area (Å²) in [5.41, 5.74) is 1.52. The second kappa shape index (κ2) is 5.49. The first-order valence-electron chi connectivity index (χ1n) is 6.78. The van der Waals surface area contributed by atoms with Gasteiger partial charge >= 0.3 is 0 Å². The molecule has 1 aliphatic heterocycles. The summed E-state index contributed by atoms with van der Waals surface area (Å²) in [6.45, 7) is 5.30. The Bertz CT molecular complexity index is 662. The molecule has 21 heavy (non-hydrogen) atoms. The Kier molecular flexibility index (Phi) is 3.53. The number of nitro groups is 1. The SMILES string of the molecule is Cc1cc(-c2nc(N3CCNCC3)n[nH]2)ccc1[N+](=O)[O-]. The lowest BCUT2D eigenvalue weighted by Crippen LogP contribution is -2.44. The van der Waals surface area contributed by atoms with Gasteiger partial charge in [-0.05, 0) is 19.1 Å². The Balaban J connectivity index is 1.85. The number of rotatable bonds is 3. The Morgan fingerprint density at radius 2 is 2.10 bits per heavy atom. The quantitative estimate of drug-likeness (QED) is 0.648. The van der Waals surface area contributed by atoms with Crippen LogP contribution in [0.15, 0.2) is 18.2 Å². The summed E-state index contributed by atoms with van der Waals surface area (Å²) in [6, 6.07) is 4.94. The van der Waals surface area contributed by atoms with Crippen LogP contribution < -0.4 is 10.2 Å². The third-order valence-electron chi connectivity index (χ3n) is 3.54. The summed E-state index contributed by atoms with van der Waals surface area (Å²) in [6.07, 6.45) is 0. The van der Waals surface area contributed by atoms with Crippen LogP contribution in [0.3, 0.4) is 0 Å². The van der Waals surface area contributed by atoms with Gasteiger partial charge in [-0.2, -0.15) is 4.98 Å². The molecular formula is C13H16N6O2. The van der Waals surface area contributed by atoms with Crippen molar-refractivity contribution in [3.8, 4) is 11.4 Å². The molecule has 8 heteroatoms. The van der Waals surface area contributed by atoms with E-state index in [1.165, 1.54) is 6.07 Å². The zero-order valence-electron chi connectivity index (χ0n) is 11.7. The van der Waals surface area contributed by atoms with Crippen molar-refractivity contribution < 1.29 is 4.92 Å². The van der Waals surface area contributed by atoms with Crippen LogP contribution >= 0.6 is 0 Å². The summed E-state index contributed by atoms with van der Waals surface area (Å²) in [5.74, 6) is 1.30. The third-order valence-corrected chi connectivity index (χ3v) is 3.54. The number of nitro benzene ring substituents is 1. The first-order valence-corrected chi connectivity index (χ1v) is 6.78. The molecule has 0 unspecified atom stereocenters. The predicted octanol–water partition coefficient (Wildman–Crippen LogP) is 1.10. The standard InChI is InChI=1S/C13H16N6O2/c1-9-8-10(2-3-11(9)19(20)21)12-15-13(17-16-12)18-6-4-14-5-7-18/h2-3,8,14H,4-7H2,1H3,(H,15,16,17). The van der Waals surface area contributed by atoms with Gasteiger partial charge in [-0.3, -0.25) is 15.2 Å². The average Bonchev–Trinajstić information content (AvgIpc) is 2.97. The minimum Gasteiger partial charge on any atom is -0.337 e. The Labute approximate surface area is 121 Å². The molecule has 3 rings (SSSR count). The van der Waals surface area contributed by atoms with Gasteiger partial charge in [-0.25, -0.2) is 0 Å². The van der Waals surface area contributed by atoms with E-state index >= 15 is 0 Å². The average molecular weight is 288 g/mol. The fourth-order valence-corrected chi connectivity index (χ4v) is 2.40. The lowest BCUT2D eigenvalue weighted by atomic mass is 10.1. The fraction of sp³-hybridized carbons (Fsp3) is 0.385. The van der Waals surface area contributed by atoms with E-state index in [2.05, 4.69) is 25.4 Å². The van der Waals surface area contributed by atoms with Crippen LogP contribution in [-0.4, -0.2) is 46.3 Å². The molecule has 2 aromatic rings. The molecule has 2 heterocycles. The minimum absolute atomic E-state index is 0.112. The van der Waals surface area contributed by atoms with Gasteiger partial charge in [-0.15, -0.1) is 5.10 Å². The predicted molar refractivity (Wildman–Crippen MR) is 78.3 cm³/mol.